The van der Waals surface area contributed by atoms with Crippen LogP contribution in [-0.4, -0.2) is 19.0 Å². The monoisotopic (exact) mass is 479 g/mol. The average Bonchev–Trinajstić information content (AvgIpc) is 3.17. The molecule has 4 rings (SSSR count). The van der Waals surface area contributed by atoms with Crippen LogP contribution in [0.5, 0.6) is 11.5 Å². The molecule has 7 heteroatoms. The van der Waals surface area contributed by atoms with E-state index >= 15 is 0 Å². The molecule has 1 aliphatic rings. The van der Waals surface area contributed by atoms with Gasteiger partial charge in [-0.2, -0.15) is 0 Å². The molecule has 0 aromatic heterocycles. The zero-order valence-corrected chi connectivity index (χ0v) is 19.1. The Labute approximate surface area is 201 Å². The Bertz CT molecular complexity index is 1270. The minimum Gasteiger partial charge on any atom is -0.493 e. The van der Waals surface area contributed by atoms with Gasteiger partial charge in [0.2, 0.25) is 5.90 Å². The molecule has 0 N–H and O–H groups in total. The van der Waals surface area contributed by atoms with E-state index in [1.165, 1.54) is 0 Å². The summed E-state index contributed by atoms with van der Waals surface area (Å²) < 4.78 is 16.6. The average molecular weight is 480 g/mol. The van der Waals surface area contributed by atoms with E-state index in [1.807, 2.05) is 42.5 Å². The van der Waals surface area contributed by atoms with E-state index in [4.69, 9.17) is 37.4 Å². The lowest BCUT2D eigenvalue weighted by atomic mass is 10.1. The lowest BCUT2D eigenvalue weighted by molar-refractivity contribution is -0.129. The number of benzene rings is 3. The van der Waals surface area contributed by atoms with E-state index in [2.05, 4.69) is 4.99 Å². The topological polar surface area (TPSA) is 57.1 Å². The highest BCUT2D eigenvalue weighted by Gasteiger charge is 2.21. The van der Waals surface area contributed by atoms with Gasteiger partial charge in [-0.15, -0.1) is 0 Å². The van der Waals surface area contributed by atoms with Crippen LogP contribution in [0.3, 0.4) is 0 Å². The summed E-state index contributed by atoms with van der Waals surface area (Å²) in [5, 5.41) is 1.09. The molecular formula is C26H19Cl2NO4. The Morgan fingerprint density at radius 2 is 1.76 bits per heavy atom. The molecule has 0 atom stereocenters. The van der Waals surface area contributed by atoms with Gasteiger partial charge in [0.25, 0.3) is 0 Å². The first-order chi connectivity index (χ1) is 16.0. The summed E-state index contributed by atoms with van der Waals surface area (Å²) in [6.45, 7) is 0.251. The van der Waals surface area contributed by atoms with Gasteiger partial charge in [-0.05, 0) is 47.5 Å². The number of aliphatic imine (C=N–C) groups is 1. The molecule has 1 heterocycles. The van der Waals surface area contributed by atoms with Crippen LogP contribution in [0, 0.1) is 0 Å². The zero-order chi connectivity index (χ0) is 23.2. The number of ether oxygens (including phenoxy) is 3. The normalized spacial score (nSPS) is 14.5. The molecule has 0 bridgehead atoms. The van der Waals surface area contributed by atoms with Crippen molar-refractivity contribution in [3.8, 4) is 11.5 Å². The van der Waals surface area contributed by atoms with Crippen LogP contribution in [0.4, 0.5) is 0 Å². The lowest BCUT2D eigenvalue weighted by Crippen LogP contribution is -2.01. The quantitative estimate of drug-likeness (QED) is 0.283. The summed E-state index contributed by atoms with van der Waals surface area (Å²) in [6.07, 6.45) is 5.12. The molecular weight excluding hydrogens is 461 g/mol. The van der Waals surface area contributed by atoms with E-state index in [0.29, 0.717) is 27.1 Å². The minimum atomic E-state index is -0.514. The molecule has 0 amide bonds. The first-order valence-corrected chi connectivity index (χ1v) is 10.8. The first kappa shape index (κ1) is 22.6. The third-order valence-corrected chi connectivity index (χ3v) is 5.33. The Morgan fingerprint density at radius 3 is 2.52 bits per heavy atom. The van der Waals surface area contributed by atoms with Crippen molar-refractivity contribution in [2.75, 3.05) is 7.11 Å². The number of hydrogen-bond acceptors (Lipinski definition) is 5. The fraction of sp³-hybridized carbons (Fsp3) is 0.0769. The van der Waals surface area contributed by atoms with Crippen LogP contribution in [0.1, 0.15) is 16.7 Å². The molecule has 0 saturated heterocycles. The van der Waals surface area contributed by atoms with Crippen molar-refractivity contribution in [1.29, 1.82) is 0 Å². The maximum Gasteiger partial charge on any atom is 0.363 e. The largest absolute Gasteiger partial charge is 0.493 e. The van der Waals surface area contributed by atoms with Crippen LogP contribution >= 0.6 is 23.2 Å². The minimum absolute atomic E-state index is 0.200. The Balaban J connectivity index is 1.49. The van der Waals surface area contributed by atoms with Crippen LogP contribution in [0.25, 0.3) is 12.2 Å². The number of esters is 1. The van der Waals surface area contributed by atoms with Crippen LogP contribution in [0.15, 0.2) is 83.5 Å². The standard InChI is InChI=1S/C26H19Cl2NO4/c1-31-24-14-18(7-11-23(24)32-16-19-9-10-20(27)15-21(19)28)13-22-26(30)33-25(29-22)12-8-17-5-3-2-4-6-17/h2-15H,16H2,1H3/b12-8+,22-13+. The number of methoxy groups -OCH3 is 1. The number of rotatable bonds is 7. The Kier molecular flexibility index (Phi) is 7.13. The van der Waals surface area contributed by atoms with Crippen molar-refractivity contribution in [2.45, 2.75) is 6.61 Å². The number of carbonyl (C=O) groups is 1. The number of hydrogen-bond donors (Lipinski definition) is 0. The van der Waals surface area contributed by atoms with Crippen LogP contribution in [0.2, 0.25) is 10.0 Å². The molecule has 0 spiro atoms. The summed E-state index contributed by atoms with van der Waals surface area (Å²) in [7, 11) is 1.54. The van der Waals surface area contributed by atoms with Gasteiger partial charge in [-0.3, -0.25) is 0 Å². The Hall–Kier alpha value is -3.54. The second-order valence-corrected chi connectivity index (χ2v) is 7.89. The summed E-state index contributed by atoms with van der Waals surface area (Å²) in [5.41, 5.74) is 2.70. The second kappa shape index (κ2) is 10.4. The van der Waals surface area contributed by atoms with E-state index < -0.39 is 5.97 Å². The number of cyclic esters (lactones) is 1. The molecule has 0 unspecified atom stereocenters. The van der Waals surface area contributed by atoms with Gasteiger partial charge in [0.1, 0.15) is 6.61 Å². The molecule has 0 aliphatic carbocycles. The van der Waals surface area contributed by atoms with Gasteiger partial charge in [0.05, 0.1) is 7.11 Å². The maximum absolute atomic E-state index is 12.2. The summed E-state index contributed by atoms with van der Waals surface area (Å²) in [6, 6.07) is 20.2. The van der Waals surface area contributed by atoms with Gasteiger partial charge < -0.3 is 14.2 Å². The number of nitrogens with zero attached hydrogens (tertiary/aromatic N) is 1. The van der Waals surface area contributed by atoms with E-state index in [9.17, 15) is 4.79 Å². The second-order valence-electron chi connectivity index (χ2n) is 7.05. The van der Waals surface area contributed by atoms with E-state index in [1.54, 1.807) is 49.6 Å². The van der Waals surface area contributed by atoms with Crippen molar-refractivity contribution in [3.63, 3.8) is 0 Å². The fourth-order valence-corrected chi connectivity index (χ4v) is 3.54. The molecule has 1 aliphatic heterocycles. The van der Waals surface area contributed by atoms with E-state index in [0.717, 1.165) is 11.1 Å². The molecule has 33 heavy (non-hydrogen) atoms. The Morgan fingerprint density at radius 1 is 0.939 bits per heavy atom. The fourth-order valence-electron chi connectivity index (χ4n) is 3.07. The lowest BCUT2D eigenvalue weighted by Gasteiger charge is -2.12. The highest BCUT2D eigenvalue weighted by atomic mass is 35.5. The summed E-state index contributed by atoms with van der Waals surface area (Å²) >= 11 is 12.1. The van der Waals surface area contributed by atoms with Crippen molar-refractivity contribution in [1.82, 2.24) is 0 Å². The van der Waals surface area contributed by atoms with Crippen LogP contribution in [-0.2, 0) is 16.1 Å². The molecule has 0 radical (unpaired) electrons. The summed E-state index contributed by atoms with van der Waals surface area (Å²) in [4.78, 5) is 16.5. The maximum atomic E-state index is 12.2. The SMILES string of the molecule is COc1cc(/C=C2N=C(/C=C/c3ccccc3)OC/2=O)ccc1OCc1ccc(Cl)cc1Cl. The van der Waals surface area contributed by atoms with Crippen molar-refractivity contribution in [2.24, 2.45) is 4.99 Å². The van der Waals surface area contributed by atoms with Crippen molar-refractivity contribution >= 4 is 47.2 Å². The highest BCUT2D eigenvalue weighted by Crippen LogP contribution is 2.31. The first-order valence-electron chi connectivity index (χ1n) is 10.0. The highest BCUT2D eigenvalue weighted by molar-refractivity contribution is 6.35. The molecule has 0 fully saturated rings. The van der Waals surface area contributed by atoms with Gasteiger partial charge >= 0.3 is 5.97 Å². The molecule has 166 valence electrons. The number of halogens is 2. The van der Waals surface area contributed by atoms with Crippen molar-refractivity contribution in [3.05, 3.63) is 105 Å². The van der Waals surface area contributed by atoms with Crippen LogP contribution < -0.4 is 9.47 Å². The predicted molar refractivity (Wildman–Crippen MR) is 131 cm³/mol. The van der Waals surface area contributed by atoms with Crippen molar-refractivity contribution < 1.29 is 19.0 Å². The smallest absolute Gasteiger partial charge is 0.363 e. The predicted octanol–water partition coefficient (Wildman–Crippen LogP) is 6.59. The zero-order valence-electron chi connectivity index (χ0n) is 17.6. The molecule has 3 aromatic rings. The van der Waals surface area contributed by atoms with Gasteiger partial charge in [0.15, 0.2) is 17.2 Å². The van der Waals surface area contributed by atoms with Gasteiger partial charge in [-0.1, -0.05) is 65.7 Å². The third kappa shape index (κ3) is 5.83. The van der Waals surface area contributed by atoms with Gasteiger partial charge in [-0.25, -0.2) is 9.79 Å². The molecule has 5 nitrogen and oxygen atoms in total. The molecule has 3 aromatic carbocycles. The molecule has 0 saturated carbocycles. The van der Waals surface area contributed by atoms with Gasteiger partial charge in [0, 0.05) is 21.7 Å². The number of carbonyl (C=O) groups excluding carboxylic acids is 1. The van der Waals surface area contributed by atoms with E-state index in [-0.39, 0.29) is 18.2 Å². The summed E-state index contributed by atoms with van der Waals surface area (Å²) in [5.74, 6) is 0.768. The third-order valence-electron chi connectivity index (χ3n) is 4.74.